The molecule has 1 aromatic carbocycles. The third kappa shape index (κ3) is 2.68. The first kappa shape index (κ1) is 17.9. The molecule has 1 N–H and O–H groups in total. The number of nitrogens with zero attached hydrogens (tertiary/aromatic N) is 4. The van der Waals surface area contributed by atoms with Crippen LogP contribution in [-0.4, -0.2) is 30.5 Å². The van der Waals surface area contributed by atoms with Gasteiger partial charge >= 0.3 is 0 Å². The van der Waals surface area contributed by atoms with Crippen molar-refractivity contribution in [1.82, 2.24) is 19.6 Å². The van der Waals surface area contributed by atoms with Gasteiger partial charge in [-0.15, -0.1) is 11.8 Å². The Morgan fingerprint density at radius 2 is 2.04 bits per heavy atom. The molecule has 4 rings (SSSR count). The molecule has 0 saturated heterocycles. The van der Waals surface area contributed by atoms with Crippen molar-refractivity contribution in [3.05, 3.63) is 46.3 Å². The van der Waals surface area contributed by atoms with E-state index in [0.717, 1.165) is 34.7 Å². The lowest BCUT2D eigenvalue weighted by Crippen LogP contribution is -2.09. The third-order valence-electron chi connectivity index (χ3n) is 5.10. The van der Waals surface area contributed by atoms with E-state index in [0.29, 0.717) is 12.1 Å². The fourth-order valence-corrected chi connectivity index (χ4v) is 4.80. The second-order valence-electron chi connectivity index (χ2n) is 6.74. The molecule has 0 spiro atoms. The minimum Gasteiger partial charge on any atom is -0.493 e. The number of thioether (sulfide) groups is 1. The number of fused-ring (bicyclic) bond motifs is 3. The first-order chi connectivity index (χ1) is 13.0. The van der Waals surface area contributed by atoms with Gasteiger partial charge in [0.1, 0.15) is 5.56 Å². The number of aromatic nitrogens is 4. The average Bonchev–Trinajstić information content (AvgIpc) is 3.26. The second-order valence-corrected chi connectivity index (χ2v) is 7.73. The van der Waals surface area contributed by atoms with Gasteiger partial charge in [0.15, 0.2) is 5.78 Å². The standard InChI is InChI=1S/C20H22N4O2S/c1-5-23-9-13-10-27-19-11(3)7-14(12(4)16(19)17(13)22-23)18(25)15-8-21-24(6-2)20(15)26/h7-9,26H,5-6,10H2,1-4H3. The van der Waals surface area contributed by atoms with Crippen molar-refractivity contribution in [2.24, 2.45) is 0 Å². The Hall–Kier alpha value is -2.54. The van der Waals surface area contributed by atoms with Crippen LogP contribution in [0.1, 0.15) is 46.5 Å². The lowest BCUT2D eigenvalue weighted by atomic mass is 9.91. The molecule has 140 valence electrons. The second kappa shape index (κ2) is 6.56. The SMILES string of the molecule is CCn1cc2c(n1)-c1c(C)c(C(=O)c3cnn(CC)c3O)cc(C)c1SC2. The molecule has 0 amide bonds. The number of carbonyl (C=O) groups is 1. The van der Waals surface area contributed by atoms with Crippen LogP contribution in [0.2, 0.25) is 0 Å². The Morgan fingerprint density at radius 1 is 1.26 bits per heavy atom. The van der Waals surface area contributed by atoms with Crippen molar-refractivity contribution >= 4 is 17.5 Å². The molecular formula is C20H22N4O2S. The molecule has 0 unspecified atom stereocenters. The van der Waals surface area contributed by atoms with Crippen LogP contribution in [0.25, 0.3) is 11.3 Å². The monoisotopic (exact) mass is 382 g/mol. The highest BCUT2D eigenvalue weighted by Crippen LogP contribution is 2.45. The quantitative estimate of drug-likeness (QED) is 0.692. The summed E-state index contributed by atoms with van der Waals surface area (Å²) in [4.78, 5) is 14.4. The Kier molecular flexibility index (Phi) is 4.34. The molecule has 1 aliphatic heterocycles. The minimum absolute atomic E-state index is 0.0809. The number of aryl methyl sites for hydroxylation is 3. The molecule has 7 heteroatoms. The molecule has 0 atom stereocenters. The predicted octanol–water partition coefficient (Wildman–Crippen LogP) is 3.95. The van der Waals surface area contributed by atoms with E-state index >= 15 is 0 Å². The fourth-order valence-electron chi connectivity index (χ4n) is 3.61. The van der Waals surface area contributed by atoms with E-state index in [1.165, 1.54) is 21.3 Å². The van der Waals surface area contributed by atoms with Gasteiger partial charge in [-0.05, 0) is 44.9 Å². The average molecular weight is 382 g/mol. The number of hydrogen-bond donors (Lipinski definition) is 1. The molecule has 2 aromatic heterocycles. The van der Waals surface area contributed by atoms with Gasteiger partial charge in [0.25, 0.3) is 0 Å². The molecule has 0 aliphatic carbocycles. The van der Waals surface area contributed by atoms with Crippen LogP contribution in [0.3, 0.4) is 0 Å². The summed E-state index contributed by atoms with van der Waals surface area (Å²) in [6.07, 6.45) is 3.53. The highest BCUT2D eigenvalue weighted by atomic mass is 32.2. The van der Waals surface area contributed by atoms with Gasteiger partial charge < -0.3 is 5.11 Å². The van der Waals surface area contributed by atoms with E-state index in [9.17, 15) is 9.90 Å². The number of hydrogen-bond acceptors (Lipinski definition) is 5. The number of benzene rings is 1. The molecule has 3 heterocycles. The molecule has 1 aliphatic rings. The van der Waals surface area contributed by atoms with E-state index in [1.807, 2.05) is 31.5 Å². The van der Waals surface area contributed by atoms with Crippen molar-refractivity contribution in [2.45, 2.75) is 51.4 Å². The summed E-state index contributed by atoms with van der Waals surface area (Å²) < 4.78 is 3.37. The van der Waals surface area contributed by atoms with Crippen LogP contribution >= 0.6 is 11.8 Å². The lowest BCUT2D eigenvalue weighted by molar-refractivity contribution is 0.103. The van der Waals surface area contributed by atoms with Crippen molar-refractivity contribution in [2.75, 3.05) is 0 Å². The summed E-state index contributed by atoms with van der Waals surface area (Å²) in [5, 5.41) is 19.2. The summed E-state index contributed by atoms with van der Waals surface area (Å²) >= 11 is 1.79. The molecule has 27 heavy (non-hydrogen) atoms. The summed E-state index contributed by atoms with van der Waals surface area (Å²) in [6, 6.07) is 1.92. The Labute approximate surface area is 162 Å². The molecule has 0 fully saturated rings. The van der Waals surface area contributed by atoms with Gasteiger partial charge in [-0.3, -0.25) is 9.48 Å². The summed E-state index contributed by atoms with van der Waals surface area (Å²) in [7, 11) is 0. The van der Waals surface area contributed by atoms with Gasteiger partial charge in [-0.2, -0.15) is 10.2 Å². The van der Waals surface area contributed by atoms with Gasteiger partial charge in [-0.1, -0.05) is 0 Å². The van der Waals surface area contributed by atoms with Crippen molar-refractivity contribution in [3.63, 3.8) is 0 Å². The fraction of sp³-hybridized carbons (Fsp3) is 0.350. The normalized spacial score (nSPS) is 12.7. The van der Waals surface area contributed by atoms with Crippen LogP contribution in [-0.2, 0) is 18.8 Å². The maximum absolute atomic E-state index is 13.2. The predicted molar refractivity (Wildman–Crippen MR) is 105 cm³/mol. The Balaban J connectivity index is 1.89. The Bertz CT molecular complexity index is 1060. The van der Waals surface area contributed by atoms with Crippen molar-refractivity contribution < 1.29 is 9.90 Å². The molecule has 3 aromatic rings. The Morgan fingerprint density at radius 3 is 2.70 bits per heavy atom. The van der Waals surface area contributed by atoms with Crippen LogP contribution in [0.15, 0.2) is 23.4 Å². The highest BCUT2D eigenvalue weighted by molar-refractivity contribution is 7.98. The third-order valence-corrected chi connectivity index (χ3v) is 6.37. The van der Waals surface area contributed by atoms with E-state index in [2.05, 4.69) is 18.2 Å². The van der Waals surface area contributed by atoms with Crippen LogP contribution < -0.4 is 0 Å². The first-order valence-corrected chi connectivity index (χ1v) is 10.1. The maximum Gasteiger partial charge on any atom is 0.220 e. The molecule has 0 radical (unpaired) electrons. The highest BCUT2D eigenvalue weighted by Gasteiger charge is 2.28. The van der Waals surface area contributed by atoms with Crippen molar-refractivity contribution in [1.29, 1.82) is 0 Å². The van der Waals surface area contributed by atoms with Gasteiger partial charge in [0.05, 0.1) is 11.9 Å². The molecule has 0 saturated carbocycles. The van der Waals surface area contributed by atoms with E-state index in [-0.39, 0.29) is 17.2 Å². The van der Waals surface area contributed by atoms with Gasteiger partial charge in [-0.25, -0.2) is 4.68 Å². The number of aromatic hydroxyl groups is 1. The van der Waals surface area contributed by atoms with Gasteiger partial charge in [0, 0.05) is 46.6 Å². The zero-order chi connectivity index (χ0) is 19.3. The van der Waals surface area contributed by atoms with E-state index in [1.54, 1.807) is 11.8 Å². The number of rotatable bonds is 4. The zero-order valence-corrected chi connectivity index (χ0v) is 16.7. The maximum atomic E-state index is 13.2. The lowest BCUT2D eigenvalue weighted by Gasteiger charge is -2.21. The van der Waals surface area contributed by atoms with Crippen LogP contribution in [0, 0.1) is 13.8 Å². The summed E-state index contributed by atoms with van der Waals surface area (Å²) in [6.45, 7) is 9.26. The minimum atomic E-state index is -0.206. The molecular weight excluding hydrogens is 360 g/mol. The molecule has 0 bridgehead atoms. The summed E-state index contributed by atoms with van der Waals surface area (Å²) in [5.41, 5.74) is 6.00. The first-order valence-electron chi connectivity index (χ1n) is 9.09. The van der Waals surface area contributed by atoms with E-state index < -0.39 is 0 Å². The van der Waals surface area contributed by atoms with E-state index in [4.69, 9.17) is 5.10 Å². The number of carbonyl (C=O) groups excluding carboxylic acids is 1. The zero-order valence-electron chi connectivity index (χ0n) is 15.9. The largest absolute Gasteiger partial charge is 0.493 e. The summed E-state index contributed by atoms with van der Waals surface area (Å²) in [5.74, 6) is 0.602. The van der Waals surface area contributed by atoms with Crippen LogP contribution in [0.4, 0.5) is 0 Å². The van der Waals surface area contributed by atoms with Gasteiger partial charge in [0.2, 0.25) is 5.88 Å². The van der Waals surface area contributed by atoms with Crippen molar-refractivity contribution in [3.8, 4) is 17.1 Å². The number of ketones is 1. The topological polar surface area (TPSA) is 72.9 Å². The van der Waals surface area contributed by atoms with Crippen LogP contribution in [0.5, 0.6) is 5.88 Å². The molecule has 6 nitrogen and oxygen atoms in total. The smallest absolute Gasteiger partial charge is 0.220 e.